The number of H-pyrrole nitrogens is 1. The summed E-state index contributed by atoms with van der Waals surface area (Å²) < 4.78 is 55.1. The third kappa shape index (κ3) is 4.05. The highest BCUT2D eigenvalue weighted by atomic mass is 19.4. The molecule has 1 atom stereocenters. The van der Waals surface area contributed by atoms with Crippen molar-refractivity contribution in [1.29, 1.82) is 0 Å². The highest BCUT2D eigenvalue weighted by molar-refractivity contribution is 6.01. The van der Waals surface area contributed by atoms with E-state index in [4.69, 9.17) is 0 Å². The maximum absolute atomic E-state index is 14.1. The molecule has 162 valence electrons. The summed E-state index contributed by atoms with van der Waals surface area (Å²) in [7, 11) is 0. The molecule has 1 aliphatic rings. The summed E-state index contributed by atoms with van der Waals surface area (Å²) in [6, 6.07) is 8.12. The van der Waals surface area contributed by atoms with Crippen molar-refractivity contribution in [2.75, 3.05) is 13.1 Å². The van der Waals surface area contributed by atoms with E-state index in [-0.39, 0.29) is 24.3 Å². The van der Waals surface area contributed by atoms with Crippen molar-refractivity contribution in [3.05, 3.63) is 65.1 Å². The van der Waals surface area contributed by atoms with Crippen molar-refractivity contribution >= 4 is 22.7 Å². The van der Waals surface area contributed by atoms with Gasteiger partial charge in [0, 0.05) is 18.5 Å². The summed E-state index contributed by atoms with van der Waals surface area (Å²) in [4.78, 5) is 29.8. The van der Waals surface area contributed by atoms with E-state index in [1.807, 2.05) is 0 Å². The monoisotopic (exact) mass is 435 g/mol. The summed E-state index contributed by atoms with van der Waals surface area (Å²) >= 11 is 0. The summed E-state index contributed by atoms with van der Waals surface area (Å²) in [5, 5.41) is 3.20. The zero-order chi connectivity index (χ0) is 22.3. The molecule has 31 heavy (non-hydrogen) atoms. The smallest absolute Gasteiger partial charge is 0.406 e. The number of aromatic nitrogens is 1. The first-order valence-electron chi connectivity index (χ1n) is 9.36. The number of carbonyl (C=O) groups is 2. The van der Waals surface area contributed by atoms with Gasteiger partial charge >= 0.3 is 6.36 Å². The van der Waals surface area contributed by atoms with Gasteiger partial charge in [-0.2, -0.15) is 0 Å². The molecule has 1 saturated heterocycles. The van der Waals surface area contributed by atoms with Gasteiger partial charge in [-0.05, 0) is 42.3 Å². The number of piperazine rings is 1. The van der Waals surface area contributed by atoms with E-state index in [0.717, 1.165) is 17.7 Å². The number of nitrogens with one attached hydrogen (secondary N) is 2. The van der Waals surface area contributed by atoms with Gasteiger partial charge in [-0.3, -0.25) is 9.59 Å². The molecule has 1 aromatic heterocycles. The quantitative estimate of drug-likeness (QED) is 0.615. The van der Waals surface area contributed by atoms with Crippen LogP contribution >= 0.6 is 0 Å². The Labute approximate surface area is 173 Å². The van der Waals surface area contributed by atoms with Gasteiger partial charge in [0.25, 0.3) is 5.91 Å². The van der Waals surface area contributed by atoms with Crippen LogP contribution in [0.15, 0.2) is 42.5 Å². The van der Waals surface area contributed by atoms with Gasteiger partial charge in [0.15, 0.2) is 0 Å². The number of halogens is 4. The maximum Gasteiger partial charge on any atom is 0.573 e. The second kappa shape index (κ2) is 7.60. The second-order valence-corrected chi connectivity index (χ2v) is 7.14. The molecule has 1 unspecified atom stereocenters. The molecule has 4 rings (SSSR count). The zero-order valence-corrected chi connectivity index (χ0v) is 16.2. The molecule has 3 aromatic rings. The number of aromatic amines is 1. The Morgan fingerprint density at radius 1 is 1.16 bits per heavy atom. The van der Waals surface area contributed by atoms with Crippen molar-refractivity contribution in [2.24, 2.45) is 0 Å². The van der Waals surface area contributed by atoms with E-state index >= 15 is 0 Å². The number of fused-ring (bicyclic) bond motifs is 1. The van der Waals surface area contributed by atoms with E-state index in [2.05, 4.69) is 15.0 Å². The molecule has 2 aromatic carbocycles. The lowest BCUT2D eigenvalue weighted by atomic mass is 10.0. The number of amides is 2. The predicted molar refractivity (Wildman–Crippen MR) is 103 cm³/mol. The van der Waals surface area contributed by atoms with Gasteiger partial charge in [0.1, 0.15) is 23.3 Å². The Hall–Kier alpha value is -3.56. The van der Waals surface area contributed by atoms with Crippen LogP contribution in [-0.4, -0.2) is 41.2 Å². The fourth-order valence-corrected chi connectivity index (χ4v) is 3.66. The molecule has 0 saturated carbocycles. The normalized spacial score (nSPS) is 17.0. The first-order chi connectivity index (χ1) is 14.6. The summed E-state index contributed by atoms with van der Waals surface area (Å²) in [6.45, 7) is 2.17. The summed E-state index contributed by atoms with van der Waals surface area (Å²) in [6.07, 6.45) is -4.84. The van der Waals surface area contributed by atoms with Gasteiger partial charge in [-0.15, -0.1) is 13.2 Å². The minimum Gasteiger partial charge on any atom is -0.406 e. The largest absolute Gasteiger partial charge is 0.573 e. The number of ether oxygens (including phenoxy) is 1. The average Bonchev–Trinajstić information content (AvgIpc) is 3.17. The SMILES string of the molecule is Cc1ccc(F)c2[nH]c(C(=O)N3CCNC(=O)C3c3ccc(OC(F)(F)F)cc3)cc12. The molecule has 2 heterocycles. The van der Waals surface area contributed by atoms with Crippen LogP contribution in [0.25, 0.3) is 10.9 Å². The van der Waals surface area contributed by atoms with Crippen LogP contribution in [0.4, 0.5) is 17.6 Å². The topological polar surface area (TPSA) is 74.4 Å². The van der Waals surface area contributed by atoms with Crippen LogP contribution in [0, 0.1) is 12.7 Å². The van der Waals surface area contributed by atoms with Crippen molar-refractivity contribution in [3.63, 3.8) is 0 Å². The molecule has 2 amide bonds. The zero-order valence-electron chi connectivity index (χ0n) is 16.2. The Morgan fingerprint density at radius 3 is 2.52 bits per heavy atom. The minimum absolute atomic E-state index is 0.111. The van der Waals surface area contributed by atoms with Crippen molar-refractivity contribution in [2.45, 2.75) is 19.3 Å². The lowest BCUT2D eigenvalue weighted by Gasteiger charge is -2.35. The molecular formula is C21H17F4N3O3. The summed E-state index contributed by atoms with van der Waals surface area (Å²) in [5.41, 5.74) is 1.40. The number of hydrogen-bond acceptors (Lipinski definition) is 3. The predicted octanol–water partition coefficient (Wildman–Crippen LogP) is 3.83. The van der Waals surface area contributed by atoms with Gasteiger partial charge in [-0.25, -0.2) is 4.39 Å². The Morgan fingerprint density at radius 2 is 1.87 bits per heavy atom. The molecule has 0 radical (unpaired) electrons. The summed E-state index contributed by atoms with van der Waals surface area (Å²) in [5.74, 6) is -1.94. The lowest BCUT2D eigenvalue weighted by molar-refractivity contribution is -0.274. The number of rotatable bonds is 3. The van der Waals surface area contributed by atoms with Gasteiger partial charge in [0.2, 0.25) is 5.91 Å². The van der Waals surface area contributed by atoms with Crippen molar-refractivity contribution in [1.82, 2.24) is 15.2 Å². The molecule has 1 fully saturated rings. The minimum atomic E-state index is -4.84. The Bertz CT molecular complexity index is 1120. The second-order valence-electron chi connectivity index (χ2n) is 7.14. The molecule has 6 nitrogen and oxygen atoms in total. The molecular weight excluding hydrogens is 418 g/mol. The van der Waals surface area contributed by atoms with Crippen LogP contribution in [0.3, 0.4) is 0 Å². The molecule has 0 spiro atoms. The van der Waals surface area contributed by atoms with Crippen LogP contribution < -0.4 is 10.1 Å². The van der Waals surface area contributed by atoms with Crippen molar-refractivity contribution < 1.29 is 31.9 Å². The third-order valence-electron chi connectivity index (χ3n) is 5.09. The number of benzene rings is 2. The van der Waals surface area contributed by atoms with Crippen LogP contribution in [0.5, 0.6) is 5.75 Å². The molecule has 0 aliphatic carbocycles. The number of hydrogen-bond donors (Lipinski definition) is 2. The number of nitrogens with zero attached hydrogens (tertiary/aromatic N) is 1. The maximum atomic E-state index is 14.1. The fourth-order valence-electron chi connectivity index (χ4n) is 3.66. The van der Waals surface area contributed by atoms with E-state index in [1.54, 1.807) is 13.0 Å². The third-order valence-corrected chi connectivity index (χ3v) is 5.09. The fraction of sp³-hybridized carbons (Fsp3) is 0.238. The highest BCUT2D eigenvalue weighted by Crippen LogP contribution is 2.30. The number of aryl methyl sites for hydroxylation is 1. The average molecular weight is 435 g/mol. The standard InChI is InChI=1S/C21H17F4N3O3/c1-11-2-7-15(22)17-14(11)10-16(27-17)20(30)28-9-8-26-19(29)18(28)12-3-5-13(6-4-12)31-21(23,24)25/h2-7,10,18,27H,8-9H2,1H3,(H,26,29). The van der Waals surface area contributed by atoms with E-state index in [0.29, 0.717) is 10.9 Å². The molecule has 0 bridgehead atoms. The van der Waals surface area contributed by atoms with E-state index in [1.165, 1.54) is 29.2 Å². The number of carbonyl (C=O) groups excluding carboxylic acids is 2. The van der Waals surface area contributed by atoms with Gasteiger partial charge < -0.3 is 19.9 Å². The van der Waals surface area contributed by atoms with Gasteiger partial charge in [-0.1, -0.05) is 18.2 Å². The molecule has 2 N–H and O–H groups in total. The first-order valence-corrected chi connectivity index (χ1v) is 9.36. The Kier molecular flexibility index (Phi) is 5.08. The highest BCUT2D eigenvalue weighted by Gasteiger charge is 2.36. The number of alkyl halides is 3. The Balaban J connectivity index is 1.66. The lowest BCUT2D eigenvalue weighted by Crippen LogP contribution is -2.52. The van der Waals surface area contributed by atoms with Crippen LogP contribution in [-0.2, 0) is 4.79 Å². The molecule has 1 aliphatic heterocycles. The van der Waals surface area contributed by atoms with E-state index in [9.17, 15) is 27.2 Å². The van der Waals surface area contributed by atoms with Crippen LogP contribution in [0.1, 0.15) is 27.7 Å². The first kappa shape index (κ1) is 20.7. The van der Waals surface area contributed by atoms with E-state index < -0.39 is 35.8 Å². The van der Waals surface area contributed by atoms with Crippen molar-refractivity contribution in [3.8, 4) is 5.75 Å². The van der Waals surface area contributed by atoms with Crippen LogP contribution in [0.2, 0.25) is 0 Å². The van der Waals surface area contributed by atoms with Gasteiger partial charge in [0.05, 0.1) is 5.52 Å². The molecule has 10 heteroatoms.